The molecule has 1 heterocycles. The van der Waals surface area contributed by atoms with E-state index < -0.39 is 0 Å². The molecule has 4 nitrogen and oxygen atoms in total. The molecule has 0 saturated carbocycles. The zero-order valence-electron chi connectivity index (χ0n) is 10.5. The molecule has 0 amide bonds. The average molecular weight is 253 g/mol. The summed E-state index contributed by atoms with van der Waals surface area (Å²) in [4.78, 5) is 0. The number of hydrogen-bond donors (Lipinski definition) is 1. The van der Waals surface area contributed by atoms with Gasteiger partial charge in [0.1, 0.15) is 0 Å². The predicted octanol–water partition coefficient (Wildman–Crippen LogP) is 2.48. The van der Waals surface area contributed by atoms with Crippen molar-refractivity contribution in [2.45, 2.75) is 13.0 Å². The van der Waals surface area contributed by atoms with Crippen molar-refractivity contribution in [2.24, 2.45) is 0 Å². The van der Waals surface area contributed by atoms with Gasteiger partial charge >= 0.3 is 0 Å². The molecule has 0 spiro atoms. The van der Waals surface area contributed by atoms with Gasteiger partial charge in [0.2, 0.25) is 0 Å². The van der Waals surface area contributed by atoms with Crippen LogP contribution in [0.25, 0.3) is 22.0 Å². The van der Waals surface area contributed by atoms with Crippen molar-refractivity contribution in [1.29, 1.82) is 0 Å². The van der Waals surface area contributed by atoms with Gasteiger partial charge in [-0.25, -0.2) is 4.68 Å². The van der Waals surface area contributed by atoms with Crippen LogP contribution in [0, 0.1) is 0 Å². The van der Waals surface area contributed by atoms with Gasteiger partial charge in [-0.3, -0.25) is 0 Å². The van der Waals surface area contributed by atoms with Gasteiger partial charge in [-0.05, 0) is 23.3 Å². The number of hydrogen-bond acceptors (Lipinski definition) is 3. The summed E-state index contributed by atoms with van der Waals surface area (Å²) in [6, 6.07) is 14.6. The topological polar surface area (TPSA) is 50.9 Å². The van der Waals surface area contributed by atoms with Crippen LogP contribution in [0.4, 0.5) is 0 Å². The van der Waals surface area contributed by atoms with Crippen LogP contribution in [-0.4, -0.2) is 26.7 Å². The normalized spacial score (nSPS) is 11.0. The van der Waals surface area contributed by atoms with Gasteiger partial charge in [0.05, 0.1) is 11.9 Å². The fraction of sp³-hybridized carbons (Fsp3) is 0.200. The van der Waals surface area contributed by atoms with E-state index in [1.165, 1.54) is 10.8 Å². The lowest BCUT2D eigenvalue weighted by Gasteiger charge is -2.06. The first kappa shape index (κ1) is 11.9. The molecule has 96 valence electrons. The Morgan fingerprint density at radius 1 is 1.05 bits per heavy atom. The van der Waals surface area contributed by atoms with Crippen molar-refractivity contribution in [3.8, 4) is 11.3 Å². The molecule has 0 aliphatic rings. The highest BCUT2D eigenvalue weighted by molar-refractivity contribution is 5.86. The fourth-order valence-corrected chi connectivity index (χ4v) is 2.22. The van der Waals surface area contributed by atoms with Gasteiger partial charge < -0.3 is 5.11 Å². The minimum Gasteiger partial charge on any atom is -0.396 e. The second kappa shape index (κ2) is 5.20. The van der Waals surface area contributed by atoms with E-state index in [2.05, 4.69) is 40.6 Å². The van der Waals surface area contributed by atoms with E-state index in [4.69, 9.17) is 5.11 Å². The summed E-state index contributed by atoms with van der Waals surface area (Å²) in [7, 11) is 0. The molecule has 0 saturated heterocycles. The maximum Gasteiger partial charge on any atom is 0.0885 e. The van der Waals surface area contributed by atoms with E-state index >= 15 is 0 Å². The minimum absolute atomic E-state index is 0.164. The quantitative estimate of drug-likeness (QED) is 0.777. The van der Waals surface area contributed by atoms with Gasteiger partial charge in [-0.2, -0.15) is 0 Å². The summed E-state index contributed by atoms with van der Waals surface area (Å²) in [5.74, 6) is 0. The number of aliphatic hydroxyl groups is 1. The summed E-state index contributed by atoms with van der Waals surface area (Å²) in [5.41, 5.74) is 2.08. The minimum atomic E-state index is 0.164. The van der Waals surface area contributed by atoms with E-state index in [-0.39, 0.29) is 6.61 Å². The number of aromatic nitrogens is 3. The zero-order valence-corrected chi connectivity index (χ0v) is 10.5. The van der Waals surface area contributed by atoms with Gasteiger partial charge in [0.25, 0.3) is 0 Å². The smallest absolute Gasteiger partial charge is 0.0885 e. The molecule has 3 aromatic rings. The highest BCUT2D eigenvalue weighted by Crippen LogP contribution is 2.23. The Labute approximate surface area is 111 Å². The van der Waals surface area contributed by atoms with E-state index in [0.29, 0.717) is 13.0 Å². The van der Waals surface area contributed by atoms with Crippen molar-refractivity contribution in [3.63, 3.8) is 0 Å². The van der Waals surface area contributed by atoms with Crippen molar-refractivity contribution < 1.29 is 5.11 Å². The summed E-state index contributed by atoms with van der Waals surface area (Å²) in [6.07, 6.45) is 2.45. The Morgan fingerprint density at radius 2 is 1.89 bits per heavy atom. The number of aliphatic hydroxyl groups excluding tert-OH is 1. The molecule has 1 aromatic heterocycles. The maximum atomic E-state index is 8.91. The van der Waals surface area contributed by atoms with E-state index in [1.807, 2.05) is 16.8 Å². The average Bonchev–Trinajstić information content (AvgIpc) is 2.93. The standard InChI is InChI=1S/C15H15N3O/c19-9-3-8-18-15(11-16-17-18)14-7-6-12-4-1-2-5-13(12)10-14/h1-2,4-7,10-11,19H,3,8-9H2. The lowest BCUT2D eigenvalue weighted by Crippen LogP contribution is -2.04. The van der Waals surface area contributed by atoms with Crippen molar-refractivity contribution in [2.75, 3.05) is 6.61 Å². The molecule has 0 radical (unpaired) electrons. The zero-order chi connectivity index (χ0) is 13.1. The summed E-state index contributed by atoms with van der Waals surface area (Å²) in [5, 5.41) is 19.4. The summed E-state index contributed by atoms with van der Waals surface area (Å²) >= 11 is 0. The van der Waals surface area contributed by atoms with E-state index in [9.17, 15) is 0 Å². The number of nitrogens with zero attached hydrogens (tertiary/aromatic N) is 3. The molecule has 19 heavy (non-hydrogen) atoms. The molecular weight excluding hydrogens is 238 g/mol. The van der Waals surface area contributed by atoms with Crippen LogP contribution in [0.15, 0.2) is 48.7 Å². The van der Waals surface area contributed by atoms with Gasteiger partial charge in [-0.1, -0.05) is 41.6 Å². The third kappa shape index (κ3) is 2.35. The fourth-order valence-electron chi connectivity index (χ4n) is 2.22. The molecule has 0 atom stereocenters. The van der Waals surface area contributed by atoms with Crippen LogP contribution in [-0.2, 0) is 6.54 Å². The first-order valence-corrected chi connectivity index (χ1v) is 6.37. The van der Waals surface area contributed by atoms with Crippen molar-refractivity contribution in [1.82, 2.24) is 15.0 Å². The molecule has 0 bridgehead atoms. The van der Waals surface area contributed by atoms with Gasteiger partial charge in [-0.15, -0.1) is 5.10 Å². The van der Waals surface area contributed by atoms with Crippen LogP contribution in [0.2, 0.25) is 0 Å². The van der Waals surface area contributed by atoms with Gasteiger partial charge in [0, 0.05) is 18.7 Å². The Bertz CT molecular complexity index is 690. The van der Waals surface area contributed by atoms with Crippen LogP contribution in [0.1, 0.15) is 6.42 Å². The largest absolute Gasteiger partial charge is 0.396 e. The summed E-state index contributed by atoms with van der Waals surface area (Å²) in [6.45, 7) is 0.843. The molecular formula is C15H15N3O. The van der Waals surface area contributed by atoms with Gasteiger partial charge in [0.15, 0.2) is 0 Å². The molecule has 0 unspecified atom stereocenters. The lowest BCUT2D eigenvalue weighted by molar-refractivity contribution is 0.276. The highest BCUT2D eigenvalue weighted by atomic mass is 16.3. The van der Waals surface area contributed by atoms with Crippen molar-refractivity contribution in [3.05, 3.63) is 48.7 Å². The van der Waals surface area contributed by atoms with Crippen LogP contribution in [0.5, 0.6) is 0 Å². The van der Waals surface area contributed by atoms with E-state index in [1.54, 1.807) is 6.20 Å². The number of benzene rings is 2. The Balaban J connectivity index is 2.01. The SMILES string of the molecule is OCCCn1nncc1-c1ccc2ccccc2c1. The Hall–Kier alpha value is -2.20. The molecule has 1 N–H and O–H groups in total. The molecule has 0 aliphatic carbocycles. The number of aryl methyl sites for hydroxylation is 1. The first-order chi connectivity index (χ1) is 9.38. The number of fused-ring (bicyclic) bond motifs is 1. The monoisotopic (exact) mass is 253 g/mol. The number of rotatable bonds is 4. The molecule has 3 rings (SSSR count). The van der Waals surface area contributed by atoms with E-state index in [0.717, 1.165) is 11.3 Å². The lowest BCUT2D eigenvalue weighted by atomic mass is 10.1. The first-order valence-electron chi connectivity index (χ1n) is 6.37. The highest BCUT2D eigenvalue weighted by Gasteiger charge is 2.06. The van der Waals surface area contributed by atoms with Crippen LogP contribution < -0.4 is 0 Å². The molecule has 2 aromatic carbocycles. The second-order valence-electron chi connectivity index (χ2n) is 4.48. The van der Waals surface area contributed by atoms with Crippen LogP contribution in [0.3, 0.4) is 0 Å². The maximum absolute atomic E-state index is 8.91. The molecule has 4 heteroatoms. The third-order valence-corrected chi connectivity index (χ3v) is 3.19. The predicted molar refractivity (Wildman–Crippen MR) is 74.7 cm³/mol. The summed E-state index contributed by atoms with van der Waals surface area (Å²) < 4.78 is 1.83. The third-order valence-electron chi connectivity index (χ3n) is 3.19. The molecule has 0 fully saturated rings. The Kier molecular flexibility index (Phi) is 3.25. The van der Waals surface area contributed by atoms with Crippen molar-refractivity contribution >= 4 is 10.8 Å². The van der Waals surface area contributed by atoms with Crippen LogP contribution >= 0.6 is 0 Å². The Morgan fingerprint density at radius 3 is 2.74 bits per heavy atom. The molecule has 0 aliphatic heterocycles. The second-order valence-corrected chi connectivity index (χ2v) is 4.48.